The lowest BCUT2D eigenvalue weighted by molar-refractivity contribution is 0.0607. The Hall–Kier alpha value is -4.95. The van der Waals surface area contributed by atoms with E-state index >= 15 is 0 Å². The van der Waals surface area contributed by atoms with E-state index in [0.29, 0.717) is 49.3 Å². The highest BCUT2D eigenvalue weighted by molar-refractivity contribution is 9.10. The number of amides is 3. The van der Waals surface area contributed by atoms with Crippen LogP contribution in [0, 0.1) is 0 Å². The molecule has 370 valence electrons. The number of halogens is 1. The van der Waals surface area contributed by atoms with Crippen molar-refractivity contribution >= 4 is 44.4 Å². The molecule has 5 N–H and O–H groups in total. The second-order valence-electron chi connectivity index (χ2n) is 18.8. The quantitative estimate of drug-likeness (QED) is 0.0673. The van der Waals surface area contributed by atoms with Gasteiger partial charge in [0.15, 0.2) is 0 Å². The lowest BCUT2D eigenvalue weighted by Crippen LogP contribution is -2.40. The van der Waals surface area contributed by atoms with E-state index < -0.39 is 0 Å². The van der Waals surface area contributed by atoms with Gasteiger partial charge in [-0.1, -0.05) is 57.4 Å². The molecule has 8 rings (SSSR count). The van der Waals surface area contributed by atoms with Gasteiger partial charge in [0.2, 0.25) is 0 Å². The van der Waals surface area contributed by atoms with Crippen LogP contribution in [-0.2, 0) is 26.2 Å². The van der Waals surface area contributed by atoms with Crippen molar-refractivity contribution in [2.24, 2.45) is 0 Å². The Balaban J connectivity index is 0.878. The van der Waals surface area contributed by atoms with Crippen molar-refractivity contribution in [2.75, 3.05) is 91.6 Å². The van der Waals surface area contributed by atoms with Crippen LogP contribution in [0.2, 0.25) is 0 Å². The summed E-state index contributed by atoms with van der Waals surface area (Å²) in [5.41, 5.74) is 5.47. The number of carbonyl (C=O) groups is 3. The Kier molecular flexibility index (Phi) is 19.2. The fourth-order valence-corrected chi connectivity index (χ4v) is 10.1. The normalized spacial score (nSPS) is 17.8. The zero-order chi connectivity index (χ0) is 47.6. The minimum atomic E-state index is -0.246. The molecule has 2 fully saturated rings. The highest BCUT2D eigenvalue weighted by atomic mass is 79.9. The lowest BCUT2D eigenvalue weighted by atomic mass is 9.94. The van der Waals surface area contributed by atoms with E-state index in [0.717, 1.165) is 187 Å². The van der Waals surface area contributed by atoms with Crippen LogP contribution in [-0.4, -0.2) is 154 Å². The Morgan fingerprint density at radius 1 is 0.594 bits per heavy atom. The maximum Gasteiger partial charge on any atom is 0.261 e. The topological polar surface area (TPSA) is 182 Å². The molecule has 18 heteroatoms. The first-order chi connectivity index (χ1) is 33.9. The van der Waals surface area contributed by atoms with E-state index in [-0.39, 0.29) is 17.7 Å². The molecule has 5 aromatic rings. The highest BCUT2D eigenvalue weighted by Gasteiger charge is 2.32. The zero-order valence-corrected chi connectivity index (χ0v) is 41.8. The van der Waals surface area contributed by atoms with Crippen molar-refractivity contribution in [3.8, 4) is 0 Å². The van der Waals surface area contributed by atoms with Gasteiger partial charge in [0.25, 0.3) is 17.7 Å². The third kappa shape index (κ3) is 14.8. The van der Waals surface area contributed by atoms with Gasteiger partial charge in [-0.2, -0.15) is 0 Å². The third-order valence-corrected chi connectivity index (χ3v) is 13.9. The Morgan fingerprint density at radius 2 is 1.10 bits per heavy atom. The molecule has 5 heterocycles. The predicted molar refractivity (Wildman–Crippen MR) is 272 cm³/mol. The molecule has 0 spiro atoms. The maximum absolute atomic E-state index is 13.9. The summed E-state index contributed by atoms with van der Waals surface area (Å²) in [6.07, 6.45) is 13.9. The first kappa shape index (κ1) is 50.4. The Bertz CT molecular complexity index is 2320. The van der Waals surface area contributed by atoms with E-state index in [9.17, 15) is 14.4 Å². The van der Waals surface area contributed by atoms with Crippen molar-refractivity contribution < 1.29 is 14.4 Å². The molecule has 3 aromatic carbocycles. The number of rotatable bonds is 16. The molecular weight excluding hydrogens is 937 g/mol. The monoisotopic (exact) mass is 1010 g/mol. The van der Waals surface area contributed by atoms with Gasteiger partial charge in [0.05, 0.1) is 36.9 Å². The molecule has 0 atom stereocenters. The van der Waals surface area contributed by atoms with E-state index in [4.69, 9.17) is 0 Å². The van der Waals surface area contributed by atoms with Gasteiger partial charge in [0, 0.05) is 52.7 Å². The molecule has 3 amide bonds. The summed E-state index contributed by atoms with van der Waals surface area (Å²) in [7, 11) is 0. The summed E-state index contributed by atoms with van der Waals surface area (Å²) in [5, 5.41) is 37.2. The molecule has 0 saturated carbocycles. The number of aromatic nitrogens is 6. The van der Waals surface area contributed by atoms with Crippen LogP contribution in [0.15, 0.2) is 65.4 Å². The first-order valence-corrected chi connectivity index (χ1v) is 26.2. The number of benzene rings is 3. The average Bonchev–Trinajstić information content (AvgIpc) is 3.99. The van der Waals surface area contributed by atoms with Crippen molar-refractivity contribution in [2.45, 2.75) is 90.4 Å². The standard InChI is InChI=1S/C51H71BrN14O3/c52-47-15-14-46-48-44(47)12-5-13-45(48)50(68)66(51(46)69)29-4-2-1-3-24-57-49(67)41-31-39(33-64-37-42(58-60-64)35-62-25-8-20-53-16-6-17-54-21-9-26-62)30-40(32-41)34-65-38-43(59-61-65)36-63-27-10-22-55-18-7-19-56-23-11-28-63/h5,12-15,30-32,37-38,53-56H,1-4,6-11,16-29,33-36H2,(H,57,67). The van der Waals surface area contributed by atoms with Gasteiger partial charge in [-0.3, -0.25) is 29.1 Å². The van der Waals surface area contributed by atoms with Gasteiger partial charge >= 0.3 is 0 Å². The minimum absolute atomic E-state index is 0.140. The molecule has 2 saturated heterocycles. The van der Waals surface area contributed by atoms with Crippen molar-refractivity contribution in [3.05, 3.63) is 105 Å². The number of hydrogen-bond donors (Lipinski definition) is 5. The molecule has 17 nitrogen and oxygen atoms in total. The molecule has 0 aliphatic carbocycles. The van der Waals surface area contributed by atoms with Gasteiger partial charge in [-0.15, -0.1) is 10.2 Å². The van der Waals surface area contributed by atoms with Gasteiger partial charge in [-0.05, 0) is 177 Å². The van der Waals surface area contributed by atoms with Crippen molar-refractivity contribution in [1.82, 2.24) is 71.3 Å². The molecule has 0 bridgehead atoms. The second-order valence-corrected chi connectivity index (χ2v) is 19.6. The Morgan fingerprint density at radius 3 is 1.65 bits per heavy atom. The highest BCUT2D eigenvalue weighted by Crippen LogP contribution is 2.34. The summed E-state index contributed by atoms with van der Waals surface area (Å²) in [6.45, 7) is 15.5. The Labute approximate surface area is 415 Å². The summed E-state index contributed by atoms with van der Waals surface area (Å²) in [4.78, 5) is 47.0. The van der Waals surface area contributed by atoms with Crippen LogP contribution in [0.3, 0.4) is 0 Å². The van der Waals surface area contributed by atoms with Crippen LogP contribution in [0.1, 0.15) is 118 Å². The number of imide groups is 1. The van der Waals surface area contributed by atoms with Crippen molar-refractivity contribution in [1.29, 1.82) is 0 Å². The average molecular weight is 1010 g/mol. The number of carbonyl (C=O) groups excluding carboxylic acids is 3. The number of hydrogen-bond acceptors (Lipinski definition) is 13. The lowest BCUT2D eigenvalue weighted by Gasteiger charge is -2.27. The number of unbranched alkanes of at least 4 members (excludes halogenated alkanes) is 3. The number of nitrogens with zero attached hydrogens (tertiary/aromatic N) is 9. The van der Waals surface area contributed by atoms with E-state index in [1.165, 1.54) is 4.90 Å². The fourth-order valence-electron chi connectivity index (χ4n) is 9.68. The van der Waals surface area contributed by atoms with Gasteiger partial charge in [-0.25, -0.2) is 9.36 Å². The molecule has 3 aliphatic rings. The zero-order valence-electron chi connectivity index (χ0n) is 40.2. The first-order valence-electron chi connectivity index (χ1n) is 25.4. The molecule has 0 unspecified atom stereocenters. The minimum Gasteiger partial charge on any atom is -0.352 e. The maximum atomic E-state index is 13.9. The molecule has 0 radical (unpaired) electrons. The smallest absolute Gasteiger partial charge is 0.261 e. The summed E-state index contributed by atoms with van der Waals surface area (Å²) >= 11 is 3.56. The van der Waals surface area contributed by atoms with Gasteiger partial charge < -0.3 is 26.6 Å². The summed E-state index contributed by atoms with van der Waals surface area (Å²) < 4.78 is 4.60. The van der Waals surface area contributed by atoms with Crippen LogP contribution < -0.4 is 26.6 Å². The summed E-state index contributed by atoms with van der Waals surface area (Å²) in [6, 6.07) is 15.3. The van der Waals surface area contributed by atoms with Crippen molar-refractivity contribution in [3.63, 3.8) is 0 Å². The van der Waals surface area contributed by atoms with Crippen LogP contribution in [0.25, 0.3) is 10.8 Å². The second kappa shape index (κ2) is 26.3. The SMILES string of the molecule is O=C(NCCCCCCN1C(=O)c2cccc3c(Br)ccc(c23)C1=O)c1cc(Cn2cc(CN3CCCNCCCNCCC3)nn2)cc(Cn2cc(CN3CCCNCCCNCCC3)nn2)c1. The largest absolute Gasteiger partial charge is 0.352 e. The third-order valence-electron chi connectivity index (χ3n) is 13.2. The fraction of sp³-hybridized carbons (Fsp3) is 0.549. The molecular formula is C51H71BrN14O3. The van der Waals surface area contributed by atoms with Gasteiger partial charge in [0.1, 0.15) is 0 Å². The molecule has 2 aromatic heterocycles. The van der Waals surface area contributed by atoms with Crippen LogP contribution >= 0.6 is 15.9 Å². The predicted octanol–water partition coefficient (Wildman–Crippen LogP) is 4.80. The van der Waals surface area contributed by atoms with Crippen LogP contribution in [0.5, 0.6) is 0 Å². The van der Waals surface area contributed by atoms with E-state index in [2.05, 4.69) is 79.0 Å². The summed E-state index contributed by atoms with van der Waals surface area (Å²) in [5.74, 6) is -0.632. The molecule has 69 heavy (non-hydrogen) atoms. The number of nitrogens with one attached hydrogen (secondary N) is 5. The van der Waals surface area contributed by atoms with E-state index in [1.807, 2.05) is 52.1 Å². The van der Waals surface area contributed by atoms with Crippen LogP contribution in [0.4, 0.5) is 0 Å². The van der Waals surface area contributed by atoms with E-state index in [1.54, 1.807) is 12.1 Å². The molecule has 3 aliphatic heterocycles.